The molecule has 0 spiro atoms. The summed E-state index contributed by atoms with van der Waals surface area (Å²) in [7, 11) is 2.64. The zero-order chi connectivity index (χ0) is 18.7. The lowest BCUT2D eigenvalue weighted by Crippen LogP contribution is -2.45. The van der Waals surface area contributed by atoms with Crippen LogP contribution in [0.4, 0.5) is 0 Å². The van der Waals surface area contributed by atoms with E-state index in [1.165, 1.54) is 14.2 Å². The molecule has 1 aliphatic rings. The van der Waals surface area contributed by atoms with Gasteiger partial charge in [-0.15, -0.1) is 0 Å². The summed E-state index contributed by atoms with van der Waals surface area (Å²) in [6.07, 6.45) is 0. The second-order valence-corrected chi connectivity index (χ2v) is 6.39. The van der Waals surface area contributed by atoms with Crippen molar-refractivity contribution in [1.82, 2.24) is 0 Å². The first-order chi connectivity index (χ1) is 12.5. The molecule has 5 heteroatoms. The number of aliphatic imine (C=N–C) groups is 1. The van der Waals surface area contributed by atoms with E-state index in [1.807, 2.05) is 60.7 Å². The zero-order valence-electron chi connectivity index (χ0n) is 15.0. The van der Waals surface area contributed by atoms with Crippen LogP contribution in [0.15, 0.2) is 65.7 Å². The minimum Gasteiger partial charge on any atom is -0.469 e. The van der Waals surface area contributed by atoms with Crippen LogP contribution in [-0.4, -0.2) is 31.9 Å². The monoisotopic (exact) mass is 351 g/mol. The molecule has 0 aromatic heterocycles. The van der Waals surface area contributed by atoms with Crippen molar-refractivity contribution >= 4 is 17.7 Å². The third-order valence-electron chi connectivity index (χ3n) is 4.95. The smallest absolute Gasteiger partial charge is 0.318 e. The van der Waals surface area contributed by atoms with Crippen LogP contribution in [0.3, 0.4) is 0 Å². The quantitative estimate of drug-likeness (QED) is 0.794. The average molecular weight is 351 g/mol. The Morgan fingerprint density at radius 1 is 0.923 bits per heavy atom. The largest absolute Gasteiger partial charge is 0.469 e. The summed E-state index contributed by atoms with van der Waals surface area (Å²) in [6.45, 7) is 1.70. The first-order valence-electron chi connectivity index (χ1n) is 8.39. The molecule has 0 saturated heterocycles. The van der Waals surface area contributed by atoms with Crippen molar-refractivity contribution in [3.05, 3.63) is 71.8 Å². The topological polar surface area (TPSA) is 65.0 Å². The molecule has 0 saturated carbocycles. The van der Waals surface area contributed by atoms with E-state index >= 15 is 0 Å². The summed E-state index contributed by atoms with van der Waals surface area (Å²) >= 11 is 0. The van der Waals surface area contributed by atoms with E-state index < -0.39 is 29.3 Å². The van der Waals surface area contributed by atoms with Crippen LogP contribution >= 0.6 is 0 Å². The van der Waals surface area contributed by atoms with E-state index in [4.69, 9.17) is 14.5 Å². The highest BCUT2D eigenvalue weighted by Gasteiger charge is 2.59. The second kappa shape index (κ2) is 7.12. The Hall–Kier alpha value is -2.95. The van der Waals surface area contributed by atoms with Crippen molar-refractivity contribution in [3.8, 4) is 0 Å². The molecule has 1 heterocycles. The molecule has 0 fully saturated rings. The van der Waals surface area contributed by atoms with Gasteiger partial charge in [-0.2, -0.15) is 0 Å². The number of esters is 2. The Balaban J connectivity index is 2.22. The van der Waals surface area contributed by atoms with Crippen LogP contribution in [0.2, 0.25) is 0 Å². The molecule has 5 nitrogen and oxygen atoms in total. The molecule has 3 unspecified atom stereocenters. The SMILES string of the molecule is COC(=O)C1C(c2ccccc2)N=C(c2ccccc2)C1(C)C(=O)OC. The van der Waals surface area contributed by atoms with E-state index in [9.17, 15) is 9.59 Å². The van der Waals surface area contributed by atoms with Crippen molar-refractivity contribution in [2.24, 2.45) is 16.3 Å². The molecule has 134 valence electrons. The van der Waals surface area contributed by atoms with Gasteiger partial charge < -0.3 is 9.47 Å². The van der Waals surface area contributed by atoms with Gasteiger partial charge in [-0.3, -0.25) is 14.6 Å². The Labute approximate surface area is 152 Å². The Morgan fingerprint density at radius 3 is 2.04 bits per heavy atom. The van der Waals surface area contributed by atoms with E-state index in [0.29, 0.717) is 5.71 Å². The van der Waals surface area contributed by atoms with Crippen LogP contribution in [0.1, 0.15) is 24.1 Å². The maximum Gasteiger partial charge on any atom is 0.318 e. The van der Waals surface area contributed by atoms with E-state index in [-0.39, 0.29) is 0 Å². The predicted octanol–water partition coefficient (Wildman–Crippen LogP) is 3.20. The standard InChI is InChI=1S/C21H21NO4/c1-21(20(24)26-3)16(19(23)25-2)17(14-10-6-4-7-11-14)22-18(21)15-12-8-5-9-13-15/h4-13,16-17H,1-3H3. The number of hydrogen-bond acceptors (Lipinski definition) is 5. The highest BCUT2D eigenvalue weighted by molar-refractivity contribution is 6.19. The van der Waals surface area contributed by atoms with Crippen molar-refractivity contribution in [1.29, 1.82) is 0 Å². The highest BCUT2D eigenvalue weighted by Crippen LogP contribution is 2.49. The number of benzene rings is 2. The van der Waals surface area contributed by atoms with Crippen molar-refractivity contribution in [2.75, 3.05) is 14.2 Å². The minimum atomic E-state index is -1.25. The van der Waals surface area contributed by atoms with E-state index in [2.05, 4.69) is 0 Å². The summed E-state index contributed by atoms with van der Waals surface area (Å²) in [5.74, 6) is -1.80. The van der Waals surface area contributed by atoms with Crippen LogP contribution in [0, 0.1) is 11.3 Å². The molecule has 26 heavy (non-hydrogen) atoms. The molecule has 2 aromatic carbocycles. The number of nitrogens with zero attached hydrogens (tertiary/aromatic N) is 1. The molecule has 0 amide bonds. The molecule has 0 N–H and O–H groups in total. The number of carbonyl (C=O) groups is 2. The van der Waals surface area contributed by atoms with Crippen molar-refractivity contribution < 1.29 is 19.1 Å². The Morgan fingerprint density at radius 2 is 1.50 bits per heavy atom. The molecule has 0 radical (unpaired) electrons. The average Bonchev–Trinajstić information content (AvgIpc) is 3.02. The summed E-state index contributed by atoms with van der Waals surface area (Å²) < 4.78 is 10.1. The molecule has 1 aliphatic heterocycles. The summed E-state index contributed by atoms with van der Waals surface area (Å²) in [4.78, 5) is 30.3. The first-order valence-corrected chi connectivity index (χ1v) is 8.39. The van der Waals surface area contributed by atoms with Crippen molar-refractivity contribution in [3.63, 3.8) is 0 Å². The second-order valence-electron chi connectivity index (χ2n) is 6.39. The maximum absolute atomic E-state index is 12.8. The van der Waals surface area contributed by atoms with Gasteiger partial charge in [-0.05, 0) is 18.1 Å². The van der Waals surface area contributed by atoms with Gasteiger partial charge in [0.15, 0.2) is 0 Å². The van der Waals surface area contributed by atoms with Gasteiger partial charge in [0.2, 0.25) is 0 Å². The Bertz CT molecular complexity index is 832. The predicted molar refractivity (Wildman–Crippen MR) is 97.8 cm³/mol. The van der Waals surface area contributed by atoms with Crippen LogP contribution in [0.25, 0.3) is 0 Å². The third-order valence-corrected chi connectivity index (χ3v) is 4.95. The molecule has 0 bridgehead atoms. The van der Waals surface area contributed by atoms with Gasteiger partial charge in [0, 0.05) is 0 Å². The fraction of sp³-hybridized carbons (Fsp3) is 0.286. The maximum atomic E-state index is 12.8. The van der Waals surface area contributed by atoms with Crippen LogP contribution < -0.4 is 0 Å². The molecule has 0 aliphatic carbocycles. The van der Waals surface area contributed by atoms with Crippen LogP contribution in [0.5, 0.6) is 0 Å². The van der Waals surface area contributed by atoms with Gasteiger partial charge in [0.1, 0.15) is 11.3 Å². The lowest BCUT2D eigenvalue weighted by Gasteiger charge is -2.30. The minimum absolute atomic E-state index is 0.485. The number of hydrogen-bond donors (Lipinski definition) is 0. The van der Waals surface area contributed by atoms with E-state index in [0.717, 1.165) is 11.1 Å². The number of ether oxygens (including phenoxy) is 2. The van der Waals surface area contributed by atoms with Gasteiger partial charge >= 0.3 is 11.9 Å². The summed E-state index contributed by atoms with van der Waals surface area (Å²) in [5.41, 5.74) is 0.926. The zero-order valence-corrected chi connectivity index (χ0v) is 15.0. The highest BCUT2D eigenvalue weighted by atomic mass is 16.5. The number of methoxy groups -OCH3 is 2. The fourth-order valence-electron chi connectivity index (χ4n) is 3.63. The number of carbonyl (C=O) groups excluding carboxylic acids is 2. The summed E-state index contributed by atoms with van der Waals surface area (Å²) in [5, 5.41) is 0. The van der Waals surface area contributed by atoms with Crippen molar-refractivity contribution in [2.45, 2.75) is 13.0 Å². The molecular weight excluding hydrogens is 330 g/mol. The Kier molecular flexibility index (Phi) is 4.89. The molecule has 3 atom stereocenters. The van der Waals surface area contributed by atoms with Gasteiger partial charge in [-0.1, -0.05) is 60.7 Å². The van der Waals surface area contributed by atoms with Crippen LogP contribution in [-0.2, 0) is 19.1 Å². The normalized spacial score (nSPS) is 24.7. The molecule has 3 rings (SSSR count). The fourth-order valence-corrected chi connectivity index (χ4v) is 3.63. The lowest BCUT2D eigenvalue weighted by atomic mass is 9.70. The first kappa shape index (κ1) is 17.9. The summed E-state index contributed by atoms with van der Waals surface area (Å²) in [6, 6.07) is 18.3. The van der Waals surface area contributed by atoms with E-state index in [1.54, 1.807) is 6.92 Å². The molecular formula is C21H21NO4. The lowest BCUT2D eigenvalue weighted by molar-refractivity contribution is -0.160. The van der Waals surface area contributed by atoms with Gasteiger partial charge in [-0.25, -0.2) is 0 Å². The van der Waals surface area contributed by atoms with Gasteiger partial charge in [0.25, 0.3) is 0 Å². The third kappa shape index (κ3) is 2.79. The molecule has 2 aromatic rings. The van der Waals surface area contributed by atoms with Gasteiger partial charge in [0.05, 0.1) is 26.0 Å². The number of rotatable bonds is 4.